The first kappa shape index (κ1) is 14.5. The van der Waals surface area contributed by atoms with Gasteiger partial charge in [0.05, 0.1) is 16.3 Å². The highest BCUT2D eigenvalue weighted by Gasteiger charge is 2.15. The van der Waals surface area contributed by atoms with E-state index < -0.39 is 0 Å². The van der Waals surface area contributed by atoms with E-state index in [9.17, 15) is 10.1 Å². The van der Waals surface area contributed by atoms with E-state index in [0.717, 1.165) is 21.4 Å². The summed E-state index contributed by atoms with van der Waals surface area (Å²) in [5.41, 5.74) is 4.42. The largest absolute Gasteiger partial charge is 0.380 e. The summed E-state index contributed by atoms with van der Waals surface area (Å²) in [6.45, 7) is 6.15. The van der Waals surface area contributed by atoms with Crippen molar-refractivity contribution in [3.8, 4) is 0 Å². The van der Waals surface area contributed by atoms with Crippen molar-refractivity contribution in [1.82, 2.24) is 10.2 Å². The Labute approximate surface area is 124 Å². The molecule has 0 atom stereocenters. The molecule has 0 fully saturated rings. The van der Waals surface area contributed by atoms with Crippen molar-refractivity contribution in [2.45, 2.75) is 27.3 Å². The summed E-state index contributed by atoms with van der Waals surface area (Å²) < 4.78 is 0.805. The van der Waals surface area contributed by atoms with Crippen LogP contribution in [0.5, 0.6) is 0 Å². The van der Waals surface area contributed by atoms with Crippen LogP contribution in [-0.4, -0.2) is 15.1 Å². The van der Waals surface area contributed by atoms with Gasteiger partial charge in [0.1, 0.15) is 0 Å². The van der Waals surface area contributed by atoms with Crippen LogP contribution in [0, 0.1) is 30.9 Å². The molecule has 2 N–H and O–H groups in total. The van der Waals surface area contributed by atoms with Gasteiger partial charge >= 0.3 is 0 Å². The van der Waals surface area contributed by atoms with Gasteiger partial charge in [-0.2, -0.15) is 5.10 Å². The summed E-state index contributed by atoms with van der Waals surface area (Å²) in [5.74, 6) is 0. The number of aromatic amines is 1. The van der Waals surface area contributed by atoms with Crippen molar-refractivity contribution in [3.63, 3.8) is 0 Å². The van der Waals surface area contributed by atoms with E-state index in [0.29, 0.717) is 17.8 Å². The number of aryl methyl sites for hydroxylation is 3. The molecule has 0 amide bonds. The molecular formula is C13H15BrN4O2. The van der Waals surface area contributed by atoms with E-state index in [1.165, 1.54) is 0 Å². The van der Waals surface area contributed by atoms with E-state index in [-0.39, 0.29) is 10.6 Å². The molecule has 0 aliphatic rings. The molecule has 20 heavy (non-hydrogen) atoms. The van der Waals surface area contributed by atoms with Crippen LogP contribution in [0.2, 0.25) is 0 Å². The number of halogens is 1. The van der Waals surface area contributed by atoms with Gasteiger partial charge in [0.2, 0.25) is 0 Å². The minimum absolute atomic E-state index is 0.108. The molecule has 2 aromatic rings. The number of benzene rings is 1. The molecule has 0 aliphatic heterocycles. The first-order valence-electron chi connectivity index (χ1n) is 6.09. The minimum atomic E-state index is -0.374. The predicted octanol–water partition coefficient (Wildman–Crippen LogP) is 3.62. The standard InChI is InChI=1S/C13H15BrN4O2/c1-7-4-11(14)12(5-13(7)18(19)20)15-6-10-8(2)16-17-9(10)3/h4-5,15H,6H2,1-3H3,(H,16,17). The molecular weight excluding hydrogens is 324 g/mol. The lowest BCUT2D eigenvalue weighted by atomic mass is 10.1. The molecule has 0 bridgehead atoms. The molecule has 0 radical (unpaired) electrons. The van der Waals surface area contributed by atoms with Gasteiger partial charge in [-0.15, -0.1) is 0 Å². The van der Waals surface area contributed by atoms with Gasteiger partial charge in [0.15, 0.2) is 0 Å². The summed E-state index contributed by atoms with van der Waals surface area (Å²) in [4.78, 5) is 10.6. The zero-order valence-electron chi connectivity index (χ0n) is 11.5. The van der Waals surface area contributed by atoms with Crippen LogP contribution in [0.1, 0.15) is 22.5 Å². The number of nitrogens with zero attached hydrogens (tertiary/aromatic N) is 2. The number of aromatic nitrogens is 2. The van der Waals surface area contributed by atoms with Gasteiger partial charge < -0.3 is 5.32 Å². The van der Waals surface area contributed by atoms with Crippen molar-refractivity contribution < 1.29 is 4.92 Å². The lowest BCUT2D eigenvalue weighted by Gasteiger charge is -2.10. The number of rotatable bonds is 4. The highest BCUT2D eigenvalue weighted by atomic mass is 79.9. The van der Waals surface area contributed by atoms with Crippen LogP contribution < -0.4 is 5.32 Å². The molecule has 2 rings (SSSR count). The Morgan fingerprint density at radius 3 is 2.65 bits per heavy atom. The second-order valence-corrected chi connectivity index (χ2v) is 5.50. The fourth-order valence-electron chi connectivity index (χ4n) is 2.01. The summed E-state index contributed by atoms with van der Waals surface area (Å²) >= 11 is 3.42. The Morgan fingerprint density at radius 2 is 2.10 bits per heavy atom. The molecule has 0 saturated heterocycles. The van der Waals surface area contributed by atoms with Gasteiger partial charge in [0, 0.05) is 33.9 Å². The molecule has 7 heteroatoms. The van der Waals surface area contributed by atoms with Crippen LogP contribution in [0.25, 0.3) is 0 Å². The molecule has 1 aromatic heterocycles. The molecule has 1 heterocycles. The normalized spacial score (nSPS) is 10.6. The molecule has 0 unspecified atom stereocenters. The van der Waals surface area contributed by atoms with E-state index in [4.69, 9.17) is 0 Å². The number of nitro groups is 1. The number of nitrogens with one attached hydrogen (secondary N) is 2. The number of nitro benzene ring substituents is 1. The number of H-pyrrole nitrogens is 1. The highest BCUT2D eigenvalue weighted by molar-refractivity contribution is 9.10. The molecule has 1 aromatic carbocycles. The van der Waals surface area contributed by atoms with Gasteiger partial charge in [-0.25, -0.2) is 0 Å². The second kappa shape index (κ2) is 5.62. The molecule has 0 spiro atoms. The van der Waals surface area contributed by atoms with E-state index in [1.807, 2.05) is 13.8 Å². The van der Waals surface area contributed by atoms with E-state index >= 15 is 0 Å². The first-order chi connectivity index (χ1) is 9.40. The fraction of sp³-hybridized carbons (Fsp3) is 0.308. The Kier molecular flexibility index (Phi) is 4.08. The SMILES string of the molecule is Cc1cc(Br)c(NCc2c(C)n[nH]c2C)cc1[N+](=O)[O-]. The lowest BCUT2D eigenvalue weighted by molar-refractivity contribution is -0.385. The fourth-order valence-corrected chi connectivity index (χ4v) is 2.61. The lowest BCUT2D eigenvalue weighted by Crippen LogP contribution is -2.03. The average Bonchev–Trinajstić information content (AvgIpc) is 2.68. The third kappa shape index (κ3) is 2.82. The number of anilines is 1. The Balaban J connectivity index is 2.26. The third-order valence-corrected chi connectivity index (χ3v) is 3.87. The van der Waals surface area contributed by atoms with Crippen molar-refractivity contribution in [3.05, 3.63) is 49.2 Å². The third-order valence-electron chi connectivity index (χ3n) is 3.22. The number of hydrogen-bond acceptors (Lipinski definition) is 4. The van der Waals surface area contributed by atoms with E-state index in [1.54, 1.807) is 19.1 Å². The minimum Gasteiger partial charge on any atom is -0.380 e. The summed E-state index contributed by atoms with van der Waals surface area (Å²) in [6, 6.07) is 3.29. The maximum atomic E-state index is 11.0. The van der Waals surface area contributed by atoms with Crippen LogP contribution in [-0.2, 0) is 6.54 Å². The summed E-state index contributed by atoms with van der Waals surface area (Å²) in [5, 5.41) is 21.2. The van der Waals surface area contributed by atoms with Gasteiger partial charge in [-0.1, -0.05) is 0 Å². The molecule has 106 valence electrons. The van der Waals surface area contributed by atoms with Crippen LogP contribution in [0.4, 0.5) is 11.4 Å². The Bertz CT molecular complexity index is 647. The average molecular weight is 339 g/mol. The monoisotopic (exact) mass is 338 g/mol. The van der Waals surface area contributed by atoms with Crippen molar-refractivity contribution >= 4 is 27.3 Å². The quantitative estimate of drug-likeness (QED) is 0.658. The van der Waals surface area contributed by atoms with Crippen molar-refractivity contribution in [1.29, 1.82) is 0 Å². The van der Waals surface area contributed by atoms with Crippen LogP contribution in [0.3, 0.4) is 0 Å². The first-order valence-corrected chi connectivity index (χ1v) is 6.88. The van der Waals surface area contributed by atoms with Crippen LogP contribution in [0.15, 0.2) is 16.6 Å². The van der Waals surface area contributed by atoms with E-state index in [2.05, 4.69) is 31.4 Å². The highest BCUT2D eigenvalue weighted by Crippen LogP contribution is 2.31. The summed E-state index contributed by atoms with van der Waals surface area (Å²) in [6.07, 6.45) is 0. The summed E-state index contributed by atoms with van der Waals surface area (Å²) in [7, 11) is 0. The topological polar surface area (TPSA) is 83.8 Å². The zero-order valence-corrected chi connectivity index (χ0v) is 13.0. The van der Waals surface area contributed by atoms with Crippen LogP contribution >= 0.6 is 15.9 Å². The maximum absolute atomic E-state index is 11.0. The Hall–Kier alpha value is -1.89. The maximum Gasteiger partial charge on any atom is 0.274 e. The second-order valence-electron chi connectivity index (χ2n) is 4.64. The van der Waals surface area contributed by atoms with Crippen molar-refractivity contribution in [2.75, 3.05) is 5.32 Å². The zero-order chi connectivity index (χ0) is 14.9. The molecule has 6 nitrogen and oxygen atoms in total. The van der Waals surface area contributed by atoms with Gasteiger partial charge in [-0.3, -0.25) is 15.2 Å². The Morgan fingerprint density at radius 1 is 1.40 bits per heavy atom. The van der Waals surface area contributed by atoms with Gasteiger partial charge in [-0.05, 0) is 42.8 Å². The smallest absolute Gasteiger partial charge is 0.274 e. The predicted molar refractivity (Wildman–Crippen MR) is 80.9 cm³/mol. The van der Waals surface area contributed by atoms with Gasteiger partial charge in [0.25, 0.3) is 5.69 Å². The molecule has 0 saturated carbocycles. The molecule has 0 aliphatic carbocycles. The number of hydrogen-bond donors (Lipinski definition) is 2. The van der Waals surface area contributed by atoms with Crippen molar-refractivity contribution in [2.24, 2.45) is 0 Å².